The van der Waals surface area contributed by atoms with E-state index in [1.807, 2.05) is 0 Å². The third-order valence-corrected chi connectivity index (χ3v) is 4.16. The first-order chi connectivity index (χ1) is 10.0. The number of halogens is 1. The SMILES string of the molecule is CNC(=O)c1cc(NC2CCCC(C(=O)O)C2)ccc1Cl. The molecule has 1 aromatic carbocycles. The van der Waals surface area contributed by atoms with E-state index in [4.69, 9.17) is 16.7 Å². The minimum atomic E-state index is -0.733. The summed E-state index contributed by atoms with van der Waals surface area (Å²) in [5.74, 6) is -1.26. The average molecular weight is 311 g/mol. The van der Waals surface area contributed by atoms with Gasteiger partial charge in [0.2, 0.25) is 0 Å². The minimum absolute atomic E-state index is 0.110. The second-order valence-electron chi connectivity index (χ2n) is 5.32. The Balaban J connectivity index is 2.09. The topological polar surface area (TPSA) is 78.4 Å². The summed E-state index contributed by atoms with van der Waals surface area (Å²) in [7, 11) is 1.55. The molecular weight excluding hydrogens is 292 g/mol. The predicted octanol–water partition coefficient (Wildman–Crippen LogP) is 2.75. The summed E-state index contributed by atoms with van der Waals surface area (Å²) >= 11 is 6.01. The molecule has 1 amide bonds. The molecule has 1 saturated carbocycles. The fourth-order valence-electron chi connectivity index (χ4n) is 2.70. The van der Waals surface area contributed by atoms with Crippen molar-refractivity contribution >= 4 is 29.2 Å². The highest BCUT2D eigenvalue weighted by Gasteiger charge is 2.26. The van der Waals surface area contributed by atoms with Crippen LogP contribution in [0.4, 0.5) is 5.69 Å². The lowest BCUT2D eigenvalue weighted by molar-refractivity contribution is -0.142. The molecule has 0 saturated heterocycles. The summed E-state index contributed by atoms with van der Waals surface area (Å²) in [6.45, 7) is 0. The lowest BCUT2D eigenvalue weighted by Crippen LogP contribution is -2.31. The van der Waals surface area contributed by atoms with Gasteiger partial charge in [-0.25, -0.2) is 0 Å². The van der Waals surface area contributed by atoms with Gasteiger partial charge in [0.15, 0.2) is 0 Å². The standard InChI is InChI=1S/C15H19ClN2O3/c1-17-14(19)12-8-11(5-6-13(12)16)18-10-4-2-3-9(7-10)15(20)21/h5-6,8-10,18H,2-4,7H2,1H3,(H,17,19)(H,20,21). The maximum absolute atomic E-state index is 11.7. The Kier molecular flexibility index (Phi) is 5.07. The zero-order chi connectivity index (χ0) is 15.4. The molecule has 21 heavy (non-hydrogen) atoms. The fraction of sp³-hybridized carbons (Fsp3) is 0.467. The van der Waals surface area contributed by atoms with E-state index in [1.54, 1.807) is 25.2 Å². The van der Waals surface area contributed by atoms with Crippen molar-refractivity contribution in [2.75, 3.05) is 12.4 Å². The Bertz CT molecular complexity index is 548. The van der Waals surface area contributed by atoms with Crippen LogP contribution in [0.3, 0.4) is 0 Å². The van der Waals surface area contributed by atoms with Gasteiger partial charge < -0.3 is 15.7 Å². The third-order valence-electron chi connectivity index (χ3n) is 3.83. The molecule has 2 rings (SSSR count). The number of carboxylic acids is 1. The van der Waals surface area contributed by atoms with Crippen molar-refractivity contribution in [3.05, 3.63) is 28.8 Å². The van der Waals surface area contributed by atoms with Crippen LogP contribution in [0.2, 0.25) is 5.02 Å². The number of rotatable bonds is 4. The molecule has 3 N–H and O–H groups in total. The quantitative estimate of drug-likeness (QED) is 0.799. The number of carboxylic acid groups (broad SMARTS) is 1. The summed E-state index contributed by atoms with van der Waals surface area (Å²) in [5, 5.41) is 15.4. The monoisotopic (exact) mass is 310 g/mol. The molecule has 2 atom stereocenters. The normalized spacial score (nSPS) is 21.6. The highest BCUT2D eigenvalue weighted by atomic mass is 35.5. The van der Waals surface area contributed by atoms with Crippen LogP contribution >= 0.6 is 11.6 Å². The number of aliphatic carboxylic acids is 1. The Morgan fingerprint density at radius 3 is 2.76 bits per heavy atom. The second kappa shape index (κ2) is 6.80. The molecule has 1 aliphatic rings. The Hall–Kier alpha value is -1.75. The summed E-state index contributed by atoms with van der Waals surface area (Å²) in [4.78, 5) is 22.8. The number of hydrogen-bond donors (Lipinski definition) is 3. The number of nitrogens with one attached hydrogen (secondary N) is 2. The lowest BCUT2D eigenvalue weighted by atomic mass is 9.85. The van der Waals surface area contributed by atoms with Gasteiger partial charge in [-0.1, -0.05) is 18.0 Å². The lowest BCUT2D eigenvalue weighted by Gasteiger charge is -2.28. The van der Waals surface area contributed by atoms with Crippen molar-refractivity contribution in [1.29, 1.82) is 0 Å². The summed E-state index contributed by atoms with van der Waals surface area (Å²) in [5.41, 5.74) is 1.20. The molecule has 0 spiro atoms. The van der Waals surface area contributed by atoms with Gasteiger partial charge in [0.25, 0.3) is 5.91 Å². The van der Waals surface area contributed by atoms with Crippen molar-refractivity contribution in [3.8, 4) is 0 Å². The van der Waals surface area contributed by atoms with Gasteiger partial charge in [-0.05, 0) is 37.5 Å². The molecule has 1 fully saturated rings. The number of carbonyl (C=O) groups is 2. The first-order valence-corrected chi connectivity index (χ1v) is 7.40. The van der Waals surface area contributed by atoms with Crippen LogP contribution in [0.25, 0.3) is 0 Å². The van der Waals surface area contributed by atoms with Gasteiger partial charge >= 0.3 is 5.97 Å². The third kappa shape index (κ3) is 3.88. The summed E-state index contributed by atoms with van der Waals surface area (Å²) < 4.78 is 0. The van der Waals surface area contributed by atoms with Gasteiger partial charge in [0.1, 0.15) is 0 Å². The largest absolute Gasteiger partial charge is 0.481 e. The van der Waals surface area contributed by atoms with E-state index in [9.17, 15) is 9.59 Å². The molecule has 0 aliphatic heterocycles. The smallest absolute Gasteiger partial charge is 0.306 e. The molecule has 5 nitrogen and oxygen atoms in total. The first-order valence-electron chi connectivity index (χ1n) is 7.02. The number of carbonyl (C=O) groups excluding carboxylic acids is 1. The molecule has 114 valence electrons. The number of amides is 1. The van der Waals surface area contributed by atoms with E-state index in [1.165, 1.54) is 0 Å². The fourth-order valence-corrected chi connectivity index (χ4v) is 2.91. The summed E-state index contributed by atoms with van der Waals surface area (Å²) in [6, 6.07) is 5.29. The van der Waals surface area contributed by atoms with Gasteiger partial charge in [0, 0.05) is 18.8 Å². The van der Waals surface area contributed by atoms with E-state index in [-0.39, 0.29) is 17.9 Å². The highest BCUT2D eigenvalue weighted by Crippen LogP contribution is 2.28. The Morgan fingerprint density at radius 2 is 2.10 bits per heavy atom. The van der Waals surface area contributed by atoms with Crippen LogP contribution < -0.4 is 10.6 Å². The predicted molar refractivity (Wildman–Crippen MR) is 81.8 cm³/mol. The van der Waals surface area contributed by atoms with Crippen LogP contribution in [0.5, 0.6) is 0 Å². The maximum Gasteiger partial charge on any atom is 0.306 e. The Labute approximate surface area is 128 Å². The van der Waals surface area contributed by atoms with Gasteiger partial charge in [0.05, 0.1) is 16.5 Å². The molecule has 1 aliphatic carbocycles. The van der Waals surface area contributed by atoms with E-state index >= 15 is 0 Å². The van der Waals surface area contributed by atoms with E-state index in [0.717, 1.165) is 24.9 Å². The zero-order valence-corrected chi connectivity index (χ0v) is 12.6. The number of anilines is 1. The van der Waals surface area contributed by atoms with Gasteiger partial charge in [-0.3, -0.25) is 9.59 Å². The molecular formula is C15H19ClN2O3. The summed E-state index contributed by atoms with van der Waals surface area (Å²) in [6.07, 6.45) is 3.16. The highest BCUT2D eigenvalue weighted by molar-refractivity contribution is 6.34. The van der Waals surface area contributed by atoms with E-state index in [2.05, 4.69) is 10.6 Å². The van der Waals surface area contributed by atoms with Crippen molar-refractivity contribution in [2.45, 2.75) is 31.7 Å². The van der Waals surface area contributed by atoms with Gasteiger partial charge in [-0.15, -0.1) is 0 Å². The molecule has 0 aromatic heterocycles. The van der Waals surface area contributed by atoms with Crippen LogP contribution in [0.15, 0.2) is 18.2 Å². The van der Waals surface area contributed by atoms with Crippen LogP contribution in [0.1, 0.15) is 36.0 Å². The number of benzene rings is 1. The van der Waals surface area contributed by atoms with Crippen LogP contribution in [-0.4, -0.2) is 30.1 Å². The van der Waals surface area contributed by atoms with Crippen molar-refractivity contribution in [1.82, 2.24) is 5.32 Å². The second-order valence-corrected chi connectivity index (χ2v) is 5.72. The molecule has 1 aromatic rings. The van der Waals surface area contributed by atoms with Crippen molar-refractivity contribution < 1.29 is 14.7 Å². The molecule has 0 heterocycles. The maximum atomic E-state index is 11.7. The number of hydrogen-bond acceptors (Lipinski definition) is 3. The first kappa shape index (κ1) is 15.6. The Morgan fingerprint density at radius 1 is 1.33 bits per heavy atom. The average Bonchev–Trinajstić information content (AvgIpc) is 2.48. The van der Waals surface area contributed by atoms with Crippen molar-refractivity contribution in [2.24, 2.45) is 5.92 Å². The van der Waals surface area contributed by atoms with Crippen LogP contribution in [-0.2, 0) is 4.79 Å². The van der Waals surface area contributed by atoms with E-state index in [0.29, 0.717) is 17.0 Å². The minimum Gasteiger partial charge on any atom is -0.481 e. The zero-order valence-electron chi connectivity index (χ0n) is 11.9. The molecule has 0 radical (unpaired) electrons. The van der Waals surface area contributed by atoms with Gasteiger partial charge in [-0.2, -0.15) is 0 Å². The van der Waals surface area contributed by atoms with Crippen LogP contribution in [0, 0.1) is 5.92 Å². The van der Waals surface area contributed by atoms with Crippen molar-refractivity contribution in [3.63, 3.8) is 0 Å². The molecule has 6 heteroatoms. The molecule has 2 unspecified atom stereocenters. The van der Waals surface area contributed by atoms with E-state index < -0.39 is 5.97 Å². The molecule has 0 bridgehead atoms.